The fourth-order valence-corrected chi connectivity index (χ4v) is 4.43. The van der Waals surface area contributed by atoms with Gasteiger partial charge in [0.2, 0.25) is 0 Å². The summed E-state index contributed by atoms with van der Waals surface area (Å²) in [5, 5.41) is 5.98. The number of hydrogen-bond donors (Lipinski definition) is 1. The molecule has 4 rings (SSSR count). The van der Waals surface area contributed by atoms with Gasteiger partial charge in [-0.15, -0.1) is 22.7 Å². The molecule has 0 unspecified atom stereocenters. The number of thiazole rings is 1. The van der Waals surface area contributed by atoms with E-state index in [4.69, 9.17) is 9.15 Å². The van der Waals surface area contributed by atoms with Crippen molar-refractivity contribution in [1.29, 1.82) is 0 Å². The lowest BCUT2D eigenvalue weighted by Crippen LogP contribution is -2.25. The van der Waals surface area contributed by atoms with Crippen LogP contribution in [0.3, 0.4) is 0 Å². The number of furan rings is 1. The highest BCUT2D eigenvalue weighted by Gasteiger charge is 2.12. The fourth-order valence-electron chi connectivity index (χ4n) is 2.78. The highest BCUT2D eigenvalue weighted by Crippen LogP contribution is 2.29. The Morgan fingerprint density at radius 2 is 2.00 bits per heavy atom. The number of hydrogen-bond acceptors (Lipinski definition) is 6. The maximum atomic E-state index is 12.9. The van der Waals surface area contributed by atoms with Gasteiger partial charge in [-0.2, -0.15) is 0 Å². The van der Waals surface area contributed by atoms with Crippen molar-refractivity contribution in [2.75, 3.05) is 6.54 Å². The van der Waals surface area contributed by atoms with Crippen LogP contribution in [0.2, 0.25) is 0 Å². The van der Waals surface area contributed by atoms with Crippen LogP contribution < -0.4 is 10.1 Å². The van der Waals surface area contributed by atoms with Gasteiger partial charge >= 0.3 is 0 Å². The van der Waals surface area contributed by atoms with E-state index in [1.54, 1.807) is 34.8 Å². The largest absolute Gasteiger partial charge is 0.486 e. The molecule has 0 radical (unpaired) electrons. The van der Waals surface area contributed by atoms with Crippen molar-refractivity contribution >= 4 is 28.6 Å². The number of aromatic nitrogens is 1. The molecule has 4 aromatic rings. The molecule has 0 spiro atoms. The number of carbonyl (C=O) groups excluding carboxylic acids is 1. The van der Waals surface area contributed by atoms with Crippen molar-refractivity contribution in [3.8, 4) is 16.3 Å². The zero-order valence-electron chi connectivity index (χ0n) is 16.2. The average Bonchev–Trinajstić information content (AvgIpc) is 3.48. The molecule has 0 atom stereocenters. The van der Waals surface area contributed by atoms with E-state index in [-0.39, 0.29) is 24.1 Å². The zero-order valence-corrected chi connectivity index (χ0v) is 17.8. The van der Waals surface area contributed by atoms with Crippen LogP contribution in [-0.4, -0.2) is 17.4 Å². The number of benzene rings is 1. The van der Waals surface area contributed by atoms with E-state index < -0.39 is 0 Å². The predicted molar refractivity (Wildman–Crippen MR) is 116 cm³/mol. The van der Waals surface area contributed by atoms with Gasteiger partial charge in [-0.1, -0.05) is 0 Å². The molecule has 0 aliphatic carbocycles. The topological polar surface area (TPSA) is 64.4 Å². The number of thiophene rings is 1. The number of amides is 1. The molecule has 5 nitrogen and oxygen atoms in total. The summed E-state index contributed by atoms with van der Waals surface area (Å²) in [6.45, 7) is 2.66. The second kappa shape index (κ2) is 9.23. The van der Waals surface area contributed by atoms with Crippen LogP contribution in [0.4, 0.5) is 4.39 Å². The summed E-state index contributed by atoms with van der Waals surface area (Å²) in [5.41, 5.74) is 1.00. The second-order valence-electron chi connectivity index (χ2n) is 6.53. The quantitative estimate of drug-likeness (QED) is 0.393. The van der Waals surface area contributed by atoms with E-state index in [0.717, 1.165) is 22.0 Å². The standard InChI is InChI=1S/C22H19FN2O3S2/c1-14-25-19(13-29-14)21-9-7-18(30-21)10-11-24-22(26)20-8-6-17(28-20)12-27-16-4-2-15(23)3-5-16/h2-9,13H,10-12H2,1H3,(H,24,26). The van der Waals surface area contributed by atoms with Crippen molar-refractivity contribution in [2.45, 2.75) is 20.0 Å². The third-order valence-corrected chi connectivity index (χ3v) is 6.21. The Morgan fingerprint density at radius 3 is 2.77 bits per heavy atom. The molecular weight excluding hydrogens is 423 g/mol. The van der Waals surface area contributed by atoms with Gasteiger partial charge in [0, 0.05) is 16.8 Å². The number of aryl methyl sites for hydroxylation is 1. The van der Waals surface area contributed by atoms with Crippen LogP contribution in [0.25, 0.3) is 10.6 Å². The first-order valence-corrected chi connectivity index (χ1v) is 11.0. The summed E-state index contributed by atoms with van der Waals surface area (Å²) >= 11 is 3.32. The Hall–Kier alpha value is -2.97. The monoisotopic (exact) mass is 442 g/mol. The molecule has 0 aliphatic heterocycles. The van der Waals surface area contributed by atoms with Crippen molar-refractivity contribution in [3.63, 3.8) is 0 Å². The molecule has 1 aromatic carbocycles. The normalized spacial score (nSPS) is 10.9. The fraction of sp³-hybridized carbons (Fsp3) is 0.182. The maximum absolute atomic E-state index is 12.9. The van der Waals surface area contributed by atoms with Crippen LogP contribution in [0.1, 0.15) is 26.2 Å². The first-order valence-electron chi connectivity index (χ1n) is 9.33. The molecular formula is C22H19FN2O3S2. The summed E-state index contributed by atoms with van der Waals surface area (Å²) in [7, 11) is 0. The summed E-state index contributed by atoms with van der Waals surface area (Å²) in [5.74, 6) is 0.691. The minimum Gasteiger partial charge on any atom is -0.486 e. The number of rotatable bonds is 8. The highest BCUT2D eigenvalue weighted by atomic mass is 32.1. The number of carbonyl (C=O) groups is 1. The number of halogens is 1. The summed E-state index contributed by atoms with van der Waals surface area (Å²) < 4.78 is 24.0. The van der Waals surface area contributed by atoms with Gasteiger partial charge < -0.3 is 14.5 Å². The van der Waals surface area contributed by atoms with Gasteiger partial charge in [0.1, 0.15) is 23.9 Å². The van der Waals surface area contributed by atoms with E-state index in [1.807, 2.05) is 6.92 Å². The Labute approximate surface area is 181 Å². The Bertz CT molecular complexity index is 1130. The first-order chi connectivity index (χ1) is 14.6. The Kier molecular flexibility index (Phi) is 6.25. The zero-order chi connectivity index (χ0) is 20.9. The van der Waals surface area contributed by atoms with E-state index in [1.165, 1.54) is 29.1 Å². The molecule has 0 saturated carbocycles. The molecule has 1 N–H and O–H groups in total. The smallest absolute Gasteiger partial charge is 0.287 e. The molecule has 0 fully saturated rings. The minimum atomic E-state index is -0.323. The maximum Gasteiger partial charge on any atom is 0.287 e. The molecule has 0 aliphatic rings. The van der Waals surface area contributed by atoms with E-state index in [2.05, 4.69) is 27.8 Å². The van der Waals surface area contributed by atoms with Gasteiger partial charge in [0.15, 0.2) is 5.76 Å². The molecule has 30 heavy (non-hydrogen) atoms. The molecule has 3 aromatic heterocycles. The lowest BCUT2D eigenvalue weighted by molar-refractivity contribution is 0.0922. The van der Waals surface area contributed by atoms with Gasteiger partial charge in [-0.05, 0) is 61.9 Å². The third kappa shape index (κ3) is 5.14. The van der Waals surface area contributed by atoms with Crippen molar-refractivity contribution in [3.05, 3.63) is 81.1 Å². The molecule has 0 bridgehead atoms. The van der Waals surface area contributed by atoms with E-state index >= 15 is 0 Å². The van der Waals surface area contributed by atoms with Crippen molar-refractivity contribution < 1.29 is 18.3 Å². The lowest BCUT2D eigenvalue weighted by atomic mass is 10.3. The van der Waals surface area contributed by atoms with E-state index in [9.17, 15) is 9.18 Å². The van der Waals surface area contributed by atoms with E-state index in [0.29, 0.717) is 18.1 Å². The average molecular weight is 443 g/mol. The molecule has 8 heteroatoms. The third-order valence-electron chi connectivity index (χ3n) is 4.27. The SMILES string of the molecule is Cc1nc(-c2ccc(CCNC(=O)c3ccc(COc4ccc(F)cc4)o3)s2)cs1. The highest BCUT2D eigenvalue weighted by molar-refractivity contribution is 7.16. The molecule has 3 heterocycles. The van der Waals surface area contributed by atoms with Gasteiger partial charge in [0.05, 0.1) is 15.6 Å². The van der Waals surface area contributed by atoms with Crippen LogP contribution in [0.15, 0.2) is 58.3 Å². The van der Waals surface area contributed by atoms with Crippen molar-refractivity contribution in [2.24, 2.45) is 0 Å². The predicted octanol–water partition coefficient (Wildman–Crippen LogP) is 5.46. The number of nitrogens with zero attached hydrogens (tertiary/aromatic N) is 1. The second-order valence-corrected chi connectivity index (χ2v) is 8.76. The van der Waals surface area contributed by atoms with Crippen molar-refractivity contribution in [1.82, 2.24) is 10.3 Å². The minimum absolute atomic E-state index is 0.160. The van der Waals surface area contributed by atoms with Crippen LogP contribution in [-0.2, 0) is 13.0 Å². The lowest BCUT2D eigenvalue weighted by Gasteiger charge is -2.04. The summed E-state index contributed by atoms with van der Waals surface area (Å²) in [6, 6.07) is 13.2. The van der Waals surface area contributed by atoms with Gasteiger partial charge in [-0.25, -0.2) is 9.37 Å². The Balaban J connectivity index is 1.24. The Morgan fingerprint density at radius 1 is 1.17 bits per heavy atom. The van der Waals surface area contributed by atoms with Gasteiger partial charge in [0.25, 0.3) is 5.91 Å². The van der Waals surface area contributed by atoms with Crippen LogP contribution in [0, 0.1) is 12.7 Å². The molecule has 1 amide bonds. The van der Waals surface area contributed by atoms with Crippen LogP contribution in [0.5, 0.6) is 5.75 Å². The summed E-state index contributed by atoms with van der Waals surface area (Å²) in [6.07, 6.45) is 0.737. The first kappa shape index (κ1) is 20.3. The van der Waals surface area contributed by atoms with Gasteiger partial charge in [-0.3, -0.25) is 4.79 Å². The summed E-state index contributed by atoms with van der Waals surface area (Å²) in [4.78, 5) is 19.1. The molecule has 0 saturated heterocycles. The number of nitrogens with one attached hydrogen (secondary N) is 1. The number of ether oxygens (including phenoxy) is 1. The molecule has 154 valence electrons. The van der Waals surface area contributed by atoms with Crippen LogP contribution >= 0.6 is 22.7 Å².